The Morgan fingerprint density at radius 3 is 2.77 bits per heavy atom. The summed E-state index contributed by atoms with van der Waals surface area (Å²) in [6, 6.07) is 4.50. The second kappa shape index (κ2) is 7.72. The van der Waals surface area contributed by atoms with Gasteiger partial charge in [0, 0.05) is 43.4 Å². The summed E-state index contributed by atoms with van der Waals surface area (Å²) in [5.41, 5.74) is 0.353. The molecule has 0 bridgehead atoms. The molecular formula is C18H23N3O5. The molecule has 2 amide bonds. The van der Waals surface area contributed by atoms with Gasteiger partial charge in [-0.05, 0) is 38.7 Å². The summed E-state index contributed by atoms with van der Waals surface area (Å²) in [6.45, 7) is 3.02. The Kier molecular flexibility index (Phi) is 5.39. The Hall–Kier alpha value is -2.64. The Bertz CT molecular complexity index is 721. The molecule has 0 spiro atoms. The van der Waals surface area contributed by atoms with Gasteiger partial charge >= 0.3 is 5.69 Å². The van der Waals surface area contributed by atoms with Crippen molar-refractivity contribution in [3.8, 4) is 5.75 Å². The third-order valence-electron chi connectivity index (χ3n) is 5.00. The summed E-state index contributed by atoms with van der Waals surface area (Å²) < 4.78 is 5.53. The van der Waals surface area contributed by atoms with Crippen molar-refractivity contribution in [3.63, 3.8) is 0 Å². The average molecular weight is 361 g/mol. The summed E-state index contributed by atoms with van der Waals surface area (Å²) in [7, 11) is 0. The van der Waals surface area contributed by atoms with E-state index < -0.39 is 4.92 Å². The van der Waals surface area contributed by atoms with Crippen LogP contribution in [0.4, 0.5) is 11.4 Å². The summed E-state index contributed by atoms with van der Waals surface area (Å²) >= 11 is 0. The van der Waals surface area contributed by atoms with Crippen LogP contribution in [0, 0.1) is 10.1 Å². The topological polar surface area (TPSA) is 93.0 Å². The van der Waals surface area contributed by atoms with Crippen molar-refractivity contribution in [2.75, 3.05) is 24.6 Å². The first kappa shape index (κ1) is 18.2. The molecule has 8 nitrogen and oxygen atoms in total. The molecular weight excluding hydrogens is 338 g/mol. The number of likely N-dealkylation sites (tertiary alicyclic amines) is 1. The van der Waals surface area contributed by atoms with Gasteiger partial charge in [0.05, 0.1) is 4.92 Å². The van der Waals surface area contributed by atoms with E-state index >= 15 is 0 Å². The number of hydrogen-bond donors (Lipinski definition) is 0. The number of piperidine rings is 1. The van der Waals surface area contributed by atoms with Crippen molar-refractivity contribution < 1.29 is 19.2 Å². The maximum atomic E-state index is 12.4. The minimum atomic E-state index is -0.543. The van der Waals surface area contributed by atoms with Crippen LogP contribution < -0.4 is 9.64 Å². The monoisotopic (exact) mass is 361 g/mol. The van der Waals surface area contributed by atoms with Gasteiger partial charge in [-0.2, -0.15) is 0 Å². The number of rotatable bonds is 5. The number of carbonyl (C=O) groups is 2. The van der Waals surface area contributed by atoms with Crippen LogP contribution >= 0.6 is 0 Å². The van der Waals surface area contributed by atoms with Gasteiger partial charge in [-0.25, -0.2) is 0 Å². The van der Waals surface area contributed by atoms with Gasteiger partial charge in [0.25, 0.3) is 5.91 Å². The van der Waals surface area contributed by atoms with Crippen LogP contribution in [0.25, 0.3) is 0 Å². The number of benzene rings is 1. The summed E-state index contributed by atoms with van der Waals surface area (Å²) in [5, 5.41) is 11.3. The van der Waals surface area contributed by atoms with E-state index in [1.807, 2.05) is 6.92 Å². The Morgan fingerprint density at radius 1 is 1.31 bits per heavy atom. The number of nitro benzene ring substituents is 1. The fourth-order valence-electron chi connectivity index (χ4n) is 3.55. The van der Waals surface area contributed by atoms with Crippen LogP contribution in [0.3, 0.4) is 0 Å². The maximum absolute atomic E-state index is 12.4. The third-order valence-corrected chi connectivity index (χ3v) is 5.00. The van der Waals surface area contributed by atoms with Crippen LogP contribution in [0.2, 0.25) is 0 Å². The quantitative estimate of drug-likeness (QED) is 0.593. The fourth-order valence-corrected chi connectivity index (χ4v) is 3.55. The van der Waals surface area contributed by atoms with Gasteiger partial charge in [0.2, 0.25) is 5.91 Å². The number of nitrogens with zero attached hydrogens (tertiary/aromatic N) is 3. The van der Waals surface area contributed by atoms with Crippen LogP contribution in [-0.2, 0) is 9.59 Å². The second-order valence-corrected chi connectivity index (χ2v) is 6.78. The maximum Gasteiger partial charge on any atom is 0.311 e. The van der Waals surface area contributed by atoms with E-state index in [0.717, 1.165) is 25.7 Å². The highest BCUT2D eigenvalue weighted by atomic mass is 16.6. The van der Waals surface area contributed by atoms with Crippen LogP contribution in [0.15, 0.2) is 18.2 Å². The van der Waals surface area contributed by atoms with Crippen LogP contribution in [0.1, 0.15) is 39.0 Å². The van der Waals surface area contributed by atoms with Crippen molar-refractivity contribution in [3.05, 3.63) is 28.3 Å². The highest BCUT2D eigenvalue weighted by Crippen LogP contribution is 2.33. The minimum Gasteiger partial charge on any atom is -0.477 e. The first-order valence-electron chi connectivity index (χ1n) is 8.98. The van der Waals surface area contributed by atoms with Gasteiger partial charge in [0.15, 0.2) is 12.4 Å². The molecule has 3 rings (SSSR count). The first-order chi connectivity index (χ1) is 12.5. The van der Waals surface area contributed by atoms with Crippen molar-refractivity contribution >= 4 is 23.2 Å². The molecule has 0 aliphatic carbocycles. The third kappa shape index (κ3) is 3.79. The molecule has 26 heavy (non-hydrogen) atoms. The molecule has 140 valence electrons. The second-order valence-electron chi connectivity index (χ2n) is 6.78. The predicted molar refractivity (Wildman–Crippen MR) is 95.2 cm³/mol. The SMILES string of the molecule is C[C@H]1CCCCN1C(=O)COc1cc(N2CCCC2=O)ccc1[N+](=O)[O-]. The van der Waals surface area contributed by atoms with E-state index in [1.165, 1.54) is 12.1 Å². The van der Waals surface area contributed by atoms with E-state index in [9.17, 15) is 19.7 Å². The molecule has 0 radical (unpaired) electrons. The average Bonchev–Trinajstić information content (AvgIpc) is 3.05. The van der Waals surface area contributed by atoms with Gasteiger partial charge in [0.1, 0.15) is 0 Å². The van der Waals surface area contributed by atoms with E-state index in [0.29, 0.717) is 25.2 Å². The van der Waals surface area contributed by atoms with Crippen LogP contribution in [0.5, 0.6) is 5.75 Å². The zero-order valence-electron chi connectivity index (χ0n) is 14.8. The van der Waals surface area contributed by atoms with Gasteiger partial charge in [-0.1, -0.05) is 0 Å². The zero-order valence-corrected chi connectivity index (χ0v) is 14.8. The molecule has 2 heterocycles. The summed E-state index contributed by atoms with van der Waals surface area (Å²) in [6.07, 6.45) is 4.25. The zero-order chi connectivity index (χ0) is 18.7. The lowest BCUT2D eigenvalue weighted by atomic mass is 10.0. The highest BCUT2D eigenvalue weighted by molar-refractivity contribution is 5.95. The standard InChI is InChI=1S/C18H23N3O5/c1-13-5-2-3-9-19(13)18(23)12-26-16-11-14(7-8-15(16)21(24)25)20-10-4-6-17(20)22/h7-8,11,13H,2-6,9-10,12H2,1H3/t13-/m0/s1. The Balaban J connectivity index is 1.75. The van der Waals surface area contributed by atoms with Gasteiger partial charge in [-0.3, -0.25) is 19.7 Å². The molecule has 2 fully saturated rings. The van der Waals surface area contributed by atoms with E-state index in [-0.39, 0.29) is 35.9 Å². The smallest absolute Gasteiger partial charge is 0.311 e. The van der Waals surface area contributed by atoms with Crippen molar-refractivity contribution in [1.29, 1.82) is 0 Å². The lowest BCUT2D eigenvalue weighted by molar-refractivity contribution is -0.385. The van der Waals surface area contributed by atoms with E-state index in [2.05, 4.69) is 0 Å². The Morgan fingerprint density at radius 2 is 2.12 bits per heavy atom. The Labute approximate surface area is 151 Å². The summed E-state index contributed by atoms with van der Waals surface area (Å²) in [4.78, 5) is 38.4. The molecule has 8 heteroatoms. The minimum absolute atomic E-state index is 0.0111. The summed E-state index contributed by atoms with van der Waals surface area (Å²) in [5.74, 6) is -0.164. The first-order valence-corrected chi connectivity index (χ1v) is 8.98. The van der Waals surface area contributed by atoms with Crippen LogP contribution in [-0.4, -0.2) is 47.4 Å². The van der Waals surface area contributed by atoms with E-state index in [1.54, 1.807) is 15.9 Å². The molecule has 2 saturated heterocycles. The van der Waals surface area contributed by atoms with Crippen molar-refractivity contribution in [1.82, 2.24) is 4.90 Å². The predicted octanol–water partition coefficient (Wildman–Crippen LogP) is 2.50. The largest absolute Gasteiger partial charge is 0.477 e. The molecule has 0 saturated carbocycles. The highest BCUT2D eigenvalue weighted by Gasteiger charge is 2.27. The molecule has 0 N–H and O–H groups in total. The molecule has 2 aliphatic heterocycles. The normalized spacial score (nSPS) is 20.3. The number of anilines is 1. The van der Waals surface area contributed by atoms with Crippen molar-refractivity contribution in [2.45, 2.75) is 45.1 Å². The molecule has 1 aromatic rings. The lowest BCUT2D eigenvalue weighted by Crippen LogP contribution is -2.44. The molecule has 0 unspecified atom stereocenters. The molecule has 1 atom stereocenters. The number of ether oxygens (including phenoxy) is 1. The van der Waals surface area contributed by atoms with E-state index in [4.69, 9.17) is 4.74 Å². The lowest BCUT2D eigenvalue weighted by Gasteiger charge is -2.33. The van der Waals surface area contributed by atoms with Gasteiger partial charge in [-0.15, -0.1) is 0 Å². The van der Waals surface area contributed by atoms with Crippen molar-refractivity contribution in [2.24, 2.45) is 0 Å². The molecule has 1 aromatic carbocycles. The van der Waals surface area contributed by atoms with Gasteiger partial charge < -0.3 is 14.5 Å². The molecule has 2 aliphatic rings. The number of carbonyl (C=O) groups excluding carboxylic acids is 2. The number of amides is 2. The number of hydrogen-bond acceptors (Lipinski definition) is 5. The number of nitro groups is 1. The molecule has 0 aromatic heterocycles. The fraction of sp³-hybridized carbons (Fsp3) is 0.556.